The van der Waals surface area contributed by atoms with Gasteiger partial charge < -0.3 is 23.3 Å². The molecule has 0 N–H and O–H groups in total. The average molecular weight is 500 g/mol. The molecule has 190 valence electrons. The molecule has 0 fully saturated rings. The lowest BCUT2D eigenvalue weighted by molar-refractivity contribution is -0.175. The van der Waals surface area contributed by atoms with E-state index in [0.29, 0.717) is 0 Å². The molecule has 0 aromatic heterocycles. The summed E-state index contributed by atoms with van der Waals surface area (Å²) < 4.78 is 38.2. The maximum Gasteiger partial charge on any atom is 0.345 e. The van der Waals surface area contributed by atoms with Crippen LogP contribution in [-0.2, 0) is 42.2 Å². The van der Waals surface area contributed by atoms with Crippen LogP contribution in [0.15, 0.2) is 30.3 Å². The Balaban J connectivity index is 2.82. The quantitative estimate of drug-likeness (QED) is 0.169. The fraction of sp³-hybridized carbons (Fsp3) is 0.565. The molecule has 0 radical (unpaired) electrons. The van der Waals surface area contributed by atoms with Crippen molar-refractivity contribution in [3.63, 3.8) is 0 Å². The molecule has 0 amide bonds. The number of carbonyl (C=O) groups excluding carboxylic acids is 4. The predicted molar refractivity (Wildman–Crippen MR) is 122 cm³/mol. The van der Waals surface area contributed by atoms with Gasteiger partial charge in [0.1, 0.15) is 0 Å². The van der Waals surface area contributed by atoms with E-state index >= 15 is 0 Å². The SMILES string of the molecule is CCOP(=O)(CC(CCC(=O)OC(=O)c1ccccc1)C(=O)OCOC(=O)C(C)(C)C)OCC. The summed E-state index contributed by atoms with van der Waals surface area (Å²) in [5.41, 5.74) is -0.592. The second-order valence-electron chi connectivity index (χ2n) is 8.26. The first-order valence-electron chi connectivity index (χ1n) is 10.9. The summed E-state index contributed by atoms with van der Waals surface area (Å²) in [7, 11) is -3.67. The van der Waals surface area contributed by atoms with Gasteiger partial charge in [-0.1, -0.05) is 18.2 Å². The highest BCUT2D eigenvalue weighted by Crippen LogP contribution is 2.50. The minimum Gasteiger partial charge on any atom is -0.428 e. The Morgan fingerprint density at radius 1 is 0.941 bits per heavy atom. The highest BCUT2D eigenvalue weighted by molar-refractivity contribution is 7.53. The number of esters is 4. The van der Waals surface area contributed by atoms with Crippen LogP contribution < -0.4 is 0 Å². The Hall–Kier alpha value is -2.55. The summed E-state index contributed by atoms with van der Waals surface area (Å²) in [5.74, 6) is -4.23. The summed E-state index contributed by atoms with van der Waals surface area (Å²) >= 11 is 0. The van der Waals surface area contributed by atoms with Crippen molar-refractivity contribution in [1.29, 1.82) is 0 Å². The second-order valence-corrected chi connectivity index (χ2v) is 10.4. The zero-order chi connectivity index (χ0) is 25.8. The number of carbonyl (C=O) groups is 4. The smallest absolute Gasteiger partial charge is 0.345 e. The van der Waals surface area contributed by atoms with Crippen molar-refractivity contribution in [2.75, 3.05) is 26.2 Å². The molecule has 1 aromatic rings. The van der Waals surface area contributed by atoms with Gasteiger partial charge in [-0.3, -0.25) is 18.9 Å². The van der Waals surface area contributed by atoms with Gasteiger partial charge in [-0.05, 0) is 53.2 Å². The lowest BCUT2D eigenvalue weighted by atomic mass is 9.98. The highest BCUT2D eigenvalue weighted by atomic mass is 31.2. The van der Waals surface area contributed by atoms with E-state index in [2.05, 4.69) is 0 Å². The fourth-order valence-electron chi connectivity index (χ4n) is 2.64. The third-order valence-electron chi connectivity index (χ3n) is 4.35. The number of rotatable bonds is 13. The molecule has 0 heterocycles. The Morgan fingerprint density at radius 3 is 2.06 bits per heavy atom. The van der Waals surface area contributed by atoms with Crippen LogP contribution in [-0.4, -0.2) is 50.0 Å². The molecule has 1 unspecified atom stereocenters. The molecule has 0 aliphatic rings. The summed E-state index contributed by atoms with van der Waals surface area (Å²) in [6.45, 7) is 7.69. The predicted octanol–water partition coefficient (Wildman–Crippen LogP) is 4.12. The van der Waals surface area contributed by atoms with Crippen LogP contribution in [0.25, 0.3) is 0 Å². The monoisotopic (exact) mass is 500 g/mol. The molecule has 0 aliphatic carbocycles. The molecule has 0 aliphatic heterocycles. The molecule has 0 bridgehead atoms. The standard InChI is InChI=1S/C23H33O10P/c1-6-31-34(28,32-7-2)15-18(20(25)29-16-30-22(27)23(3,4)5)13-14-19(24)33-21(26)17-11-9-8-10-12-17/h8-12,18H,6-7,13-16H2,1-5H3. The van der Waals surface area contributed by atoms with Crippen LogP contribution >= 0.6 is 7.60 Å². The molecular formula is C23H33O10P. The first-order valence-corrected chi connectivity index (χ1v) is 12.7. The van der Waals surface area contributed by atoms with Crippen LogP contribution in [0.1, 0.15) is 57.8 Å². The van der Waals surface area contributed by atoms with Gasteiger partial charge in [0.2, 0.25) is 6.79 Å². The maximum absolute atomic E-state index is 12.9. The minimum atomic E-state index is -3.67. The fourth-order valence-corrected chi connectivity index (χ4v) is 4.59. The Labute approximate surface area is 199 Å². The van der Waals surface area contributed by atoms with Crippen molar-refractivity contribution in [2.45, 2.75) is 47.5 Å². The summed E-state index contributed by atoms with van der Waals surface area (Å²) in [4.78, 5) is 48.8. The van der Waals surface area contributed by atoms with Crippen molar-refractivity contribution in [3.05, 3.63) is 35.9 Å². The van der Waals surface area contributed by atoms with Crippen LogP contribution in [0.2, 0.25) is 0 Å². The third kappa shape index (κ3) is 10.6. The van der Waals surface area contributed by atoms with Crippen LogP contribution in [0, 0.1) is 11.3 Å². The highest BCUT2D eigenvalue weighted by Gasteiger charge is 2.34. The van der Waals surface area contributed by atoms with E-state index in [1.165, 1.54) is 12.1 Å². The summed E-state index contributed by atoms with van der Waals surface area (Å²) in [6, 6.07) is 7.95. The van der Waals surface area contributed by atoms with E-state index in [-0.39, 0.29) is 37.8 Å². The van der Waals surface area contributed by atoms with Gasteiger partial charge in [-0.15, -0.1) is 0 Å². The molecule has 1 rings (SSSR count). The second kappa shape index (κ2) is 14.0. The number of hydrogen-bond donors (Lipinski definition) is 0. The number of ether oxygens (including phenoxy) is 3. The van der Waals surface area contributed by atoms with E-state index in [4.69, 9.17) is 23.3 Å². The number of benzene rings is 1. The molecule has 10 nitrogen and oxygen atoms in total. The van der Waals surface area contributed by atoms with Gasteiger partial charge in [0.15, 0.2) is 0 Å². The Bertz CT molecular complexity index is 865. The molecular weight excluding hydrogens is 467 g/mol. The van der Waals surface area contributed by atoms with E-state index in [1.54, 1.807) is 52.8 Å². The minimum absolute atomic E-state index is 0.0792. The van der Waals surface area contributed by atoms with Gasteiger partial charge in [-0.25, -0.2) is 4.79 Å². The van der Waals surface area contributed by atoms with Crippen LogP contribution in [0.4, 0.5) is 0 Å². The van der Waals surface area contributed by atoms with E-state index in [9.17, 15) is 23.7 Å². The molecule has 0 spiro atoms. The lowest BCUT2D eigenvalue weighted by Gasteiger charge is -2.22. The molecule has 34 heavy (non-hydrogen) atoms. The van der Waals surface area contributed by atoms with Crippen molar-refractivity contribution < 1.29 is 47.0 Å². The number of hydrogen-bond acceptors (Lipinski definition) is 10. The van der Waals surface area contributed by atoms with Crippen molar-refractivity contribution in [3.8, 4) is 0 Å². The average Bonchev–Trinajstić information content (AvgIpc) is 2.76. The first kappa shape index (κ1) is 29.5. The Morgan fingerprint density at radius 2 is 1.53 bits per heavy atom. The van der Waals surface area contributed by atoms with Crippen LogP contribution in [0.5, 0.6) is 0 Å². The zero-order valence-electron chi connectivity index (χ0n) is 20.2. The van der Waals surface area contributed by atoms with Gasteiger partial charge in [0.05, 0.1) is 36.3 Å². The largest absolute Gasteiger partial charge is 0.428 e. The molecule has 0 saturated heterocycles. The third-order valence-corrected chi connectivity index (χ3v) is 6.54. The Kier molecular flexibility index (Phi) is 12.1. The van der Waals surface area contributed by atoms with Gasteiger partial charge in [-0.2, -0.15) is 0 Å². The van der Waals surface area contributed by atoms with E-state index in [0.717, 1.165) is 0 Å². The van der Waals surface area contributed by atoms with Crippen molar-refractivity contribution >= 4 is 31.5 Å². The van der Waals surface area contributed by atoms with E-state index in [1.807, 2.05) is 0 Å². The first-order chi connectivity index (χ1) is 15.9. The lowest BCUT2D eigenvalue weighted by Crippen LogP contribution is -2.28. The van der Waals surface area contributed by atoms with Crippen molar-refractivity contribution in [1.82, 2.24) is 0 Å². The molecule has 1 atom stereocenters. The van der Waals surface area contributed by atoms with E-state index < -0.39 is 49.6 Å². The molecule has 1 aromatic carbocycles. The normalized spacial score (nSPS) is 12.5. The molecule has 11 heteroatoms. The van der Waals surface area contributed by atoms with Crippen molar-refractivity contribution in [2.24, 2.45) is 11.3 Å². The maximum atomic E-state index is 12.9. The summed E-state index contributed by atoms with van der Waals surface area (Å²) in [6.07, 6.45) is -0.851. The van der Waals surface area contributed by atoms with Gasteiger partial charge in [0.25, 0.3) is 0 Å². The summed E-state index contributed by atoms with van der Waals surface area (Å²) in [5, 5.41) is 0. The van der Waals surface area contributed by atoms with Crippen LogP contribution in [0.3, 0.4) is 0 Å². The topological polar surface area (TPSA) is 132 Å². The van der Waals surface area contributed by atoms with Gasteiger partial charge in [0, 0.05) is 6.42 Å². The molecule has 0 saturated carbocycles. The van der Waals surface area contributed by atoms with Gasteiger partial charge >= 0.3 is 31.5 Å². The zero-order valence-corrected chi connectivity index (χ0v) is 21.1.